The van der Waals surface area contributed by atoms with Gasteiger partial charge in [-0.25, -0.2) is 4.79 Å². The lowest BCUT2D eigenvalue weighted by molar-refractivity contribution is -0.144. The molecule has 2 aliphatic heterocycles. The highest BCUT2D eigenvalue weighted by Gasteiger charge is 2.59. The Morgan fingerprint density at radius 3 is 2.72 bits per heavy atom. The Labute approximate surface area is 145 Å². The first-order chi connectivity index (χ1) is 11.8. The van der Waals surface area contributed by atoms with E-state index in [9.17, 15) is 9.59 Å². The fraction of sp³-hybridized carbons (Fsp3) is 0.263. The standard InChI is InChI=1S/C19H18N2O4/c1-5-12-16(20)25-11(4)15(17(22)24-10(2)3)19(12)13-8-6-7-9-14(13)21-18(19)23/h1,6-10H,20H2,2-4H3,(H,21,23)/t19-/m0/s1. The van der Waals surface area contributed by atoms with Crippen LogP contribution in [0.3, 0.4) is 0 Å². The Kier molecular flexibility index (Phi) is 3.80. The van der Waals surface area contributed by atoms with Gasteiger partial charge in [0.05, 0.1) is 11.7 Å². The normalized spacial score (nSPS) is 21.8. The Morgan fingerprint density at radius 1 is 1.40 bits per heavy atom. The van der Waals surface area contributed by atoms with Crippen LogP contribution in [-0.2, 0) is 24.5 Å². The molecule has 0 fully saturated rings. The minimum absolute atomic E-state index is 0.0470. The van der Waals surface area contributed by atoms with E-state index in [2.05, 4.69) is 11.2 Å². The van der Waals surface area contributed by atoms with E-state index in [0.29, 0.717) is 11.3 Å². The highest BCUT2D eigenvalue weighted by atomic mass is 16.5. The minimum Gasteiger partial charge on any atom is -0.459 e. The summed E-state index contributed by atoms with van der Waals surface area (Å²) >= 11 is 0. The fourth-order valence-electron chi connectivity index (χ4n) is 3.34. The molecule has 0 unspecified atom stereocenters. The number of esters is 1. The number of benzene rings is 1. The molecule has 25 heavy (non-hydrogen) atoms. The number of amides is 1. The zero-order valence-corrected chi connectivity index (χ0v) is 14.2. The average Bonchev–Trinajstić information content (AvgIpc) is 2.80. The van der Waals surface area contributed by atoms with Crippen molar-refractivity contribution in [2.24, 2.45) is 5.73 Å². The number of allylic oxidation sites excluding steroid dienone is 1. The number of fused-ring (bicyclic) bond motifs is 2. The van der Waals surface area contributed by atoms with Crippen LogP contribution < -0.4 is 11.1 Å². The molecule has 128 valence electrons. The van der Waals surface area contributed by atoms with E-state index in [0.717, 1.165) is 0 Å². The zero-order valence-electron chi connectivity index (χ0n) is 14.2. The second-order valence-corrected chi connectivity index (χ2v) is 6.12. The number of nitrogens with two attached hydrogens (primary N) is 1. The van der Waals surface area contributed by atoms with Gasteiger partial charge in [0.25, 0.3) is 0 Å². The van der Waals surface area contributed by atoms with Crippen molar-refractivity contribution in [1.82, 2.24) is 0 Å². The lowest BCUT2D eigenvalue weighted by atomic mass is 9.68. The predicted octanol–water partition coefficient (Wildman–Crippen LogP) is 1.94. The summed E-state index contributed by atoms with van der Waals surface area (Å²) in [6.45, 7) is 5.01. The number of hydrogen-bond acceptors (Lipinski definition) is 5. The van der Waals surface area contributed by atoms with Gasteiger partial charge in [-0.15, -0.1) is 6.42 Å². The van der Waals surface area contributed by atoms with Gasteiger partial charge >= 0.3 is 5.97 Å². The summed E-state index contributed by atoms with van der Waals surface area (Å²) in [5.74, 6) is 1.43. The van der Waals surface area contributed by atoms with Crippen molar-refractivity contribution in [2.45, 2.75) is 32.3 Å². The molecule has 6 nitrogen and oxygen atoms in total. The van der Waals surface area contributed by atoms with Crippen LogP contribution in [0.15, 0.2) is 47.1 Å². The van der Waals surface area contributed by atoms with Gasteiger partial charge < -0.3 is 20.5 Å². The van der Waals surface area contributed by atoms with E-state index >= 15 is 0 Å². The SMILES string of the molecule is C#CC1=C(N)OC(C)=C(C(=O)OC(C)C)[C@]12C(=O)Nc1ccccc12. The van der Waals surface area contributed by atoms with Gasteiger partial charge in [0, 0.05) is 11.3 Å². The quantitative estimate of drug-likeness (QED) is 0.635. The monoisotopic (exact) mass is 338 g/mol. The Balaban J connectivity index is 2.35. The Morgan fingerprint density at radius 2 is 2.08 bits per heavy atom. The van der Waals surface area contributed by atoms with Crippen LogP contribution in [-0.4, -0.2) is 18.0 Å². The maximum Gasteiger partial charge on any atom is 0.339 e. The minimum atomic E-state index is -1.55. The fourth-order valence-corrected chi connectivity index (χ4v) is 3.34. The second kappa shape index (κ2) is 5.71. The van der Waals surface area contributed by atoms with Gasteiger partial charge in [0.15, 0.2) is 0 Å². The van der Waals surface area contributed by atoms with Crippen molar-refractivity contribution in [2.75, 3.05) is 5.32 Å². The molecule has 6 heteroatoms. The highest BCUT2D eigenvalue weighted by Crippen LogP contribution is 2.51. The first-order valence-corrected chi connectivity index (χ1v) is 7.82. The zero-order chi connectivity index (χ0) is 18.4. The smallest absolute Gasteiger partial charge is 0.339 e. The second-order valence-electron chi connectivity index (χ2n) is 6.12. The van der Waals surface area contributed by atoms with Crippen molar-refractivity contribution in [3.63, 3.8) is 0 Å². The first kappa shape index (κ1) is 16.7. The number of anilines is 1. The van der Waals surface area contributed by atoms with Crippen molar-refractivity contribution < 1.29 is 19.1 Å². The van der Waals surface area contributed by atoms with Gasteiger partial charge in [0.1, 0.15) is 16.7 Å². The van der Waals surface area contributed by atoms with Crippen molar-refractivity contribution in [3.05, 3.63) is 52.6 Å². The van der Waals surface area contributed by atoms with Crippen molar-refractivity contribution >= 4 is 17.6 Å². The lowest BCUT2D eigenvalue weighted by Crippen LogP contribution is -2.46. The molecule has 1 aromatic rings. The van der Waals surface area contributed by atoms with Gasteiger partial charge in [0.2, 0.25) is 11.8 Å². The van der Waals surface area contributed by atoms with E-state index in [-0.39, 0.29) is 28.9 Å². The molecule has 1 atom stereocenters. The number of carbonyl (C=O) groups excluding carboxylic acids is 2. The predicted molar refractivity (Wildman–Crippen MR) is 91.8 cm³/mol. The molecule has 0 aromatic heterocycles. The third-order valence-electron chi connectivity index (χ3n) is 4.22. The lowest BCUT2D eigenvalue weighted by Gasteiger charge is -2.34. The van der Waals surface area contributed by atoms with Crippen LogP contribution in [0.1, 0.15) is 26.3 Å². The van der Waals surface area contributed by atoms with E-state index in [1.807, 2.05) is 0 Å². The topological polar surface area (TPSA) is 90.7 Å². The van der Waals surface area contributed by atoms with E-state index < -0.39 is 17.3 Å². The first-order valence-electron chi connectivity index (χ1n) is 7.82. The molecule has 0 aliphatic carbocycles. The molecule has 0 saturated heterocycles. The molecule has 1 aromatic carbocycles. The van der Waals surface area contributed by atoms with Gasteiger partial charge in [-0.05, 0) is 26.8 Å². The summed E-state index contributed by atoms with van der Waals surface area (Å²) in [6.07, 6.45) is 5.28. The number of ether oxygens (including phenoxy) is 2. The summed E-state index contributed by atoms with van der Waals surface area (Å²) in [7, 11) is 0. The number of carbonyl (C=O) groups is 2. The van der Waals surface area contributed by atoms with Crippen LogP contribution in [0, 0.1) is 12.3 Å². The Hall–Kier alpha value is -3.20. The average molecular weight is 338 g/mol. The molecule has 3 N–H and O–H groups in total. The molecule has 0 radical (unpaired) electrons. The number of para-hydroxylation sites is 1. The van der Waals surface area contributed by atoms with Gasteiger partial charge in [-0.1, -0.05) is 24.1 Å². The van der Waals surface area contributed by atoms with E-state index in [1.165, 1.54) is 0 Å². The molecule has 1 spiro atoms. The van der Waals surface area contributed by atoms with Crippen LogP contribution in [0.4, 0.5) is 5.69 Å². The van der Waals surface area contributed by atoms with Gasteiger partial charge in [-0.3, -0.25) is 4.79 Å². The van der Waals surface area contributed by atoms with Gasteiger partial charge in [-0.2, -0.15) is 0 Å². The summed E-state index contributed by atoms with van der Waals surface area (Å²) in [5, 5.41) is 2.78. The molecule has 0 saturated carbocycles. The molecule has 3 rings (SSSR count). The van der Waals surface area contributed by atoms with Crippen LogP contribution >= 0.6 is 0 Å². The maximum atomic E-state index is 13.1. The summed E-state index contributed by atoms with van der Waals surface area (Å²) in [4.78, 5) is 25.9. The number of terminal acetylenes is 1. The number of rotatable bonds is 2. The largest absolute Gasteiger partial charge is 0.459 e. The Bertz CT molecular complexity index is 889. The van der Waals surface area contributed by atoms with E-state index in [1.54, 1.807) is 45.0 Å². The third kappa shape index (κ3) is 2.20. The van der Waals surface area contributed by atoms with Crippen molar-refractivity contribution in [1.29, 1.82) is 0 Å². The molecule has 2 heterocycles. The molecule has 1 amide bonds. The van der Waals surface area contributed by atoms with Crippen molar-refractivity contribution in [3.8, 4) is 12.3 Å². The van der Waals surface area contributed by atoms with Crippen LogP contribution in [0.25, 0.3) is 0 Å². The highest BCUT2D eigenvalue weighted by molar-refractivity contribution is 6.17. The molecular weight excluding hydrogens is 320 g/mol. The summed E-state index contributed by atoms with van der Waals surface area (Å²) in [6, 6.07) is 7.02. The van der Waals surface area contributed by atoms with Crippen LogP contribution in [0.5, 0.6) is 0 Å². The molecule has 0 bridgehead atoms. The summed E-state index contributed by atoms with van der Waals surface area (Å²) < 4.78 is 10.8. The number of hydrogen-bond donors (Lipinski definition) is 2. The third-order valence-corrected chi connectivity index (χ3v) is 4.22. The van der Waals surface area contributed by atoms with Crippen LogP contribution in [0.2, 0.25) is 0 Å². The van der Waals surface area contributed by atoms with E-state index in [4.69, 9.17) is 21.6 Å². The molecule has 2 aliphatic rings. The number of nitrogens with one attached hydrogen (secondary N) is 1. The summed E-state index contributed by atoms with van der Waals surface area (Å²) in [5.41, 5.74) is 5.67. The molecular formula is C19H18N2O4. The maximum absolute atomic E-state index is 13.1.